The molecule has 2 aromatic heterocycles. The fourth-order valence-electron chi connectivity index (χ4n) is 7.23. The third kappa shape index (κ3) is 17.3. The van der Waals surface area contributed by atoms with Crippen LogP contribution in [0.25, 0.3) is 11.0 Å². The molecule has 0 unspecified atom stereocenters. The summed E-state index contributed by atoms with van der Waals surface area (Å²) in [6.07, 6.45) is 3.02. The number of H-pyrrole nitrogens is 1. The molecule has 0 spiro atoms. The van der Waals surface area contributed by atoms with E-state index >= 15 is 0 Å². The molecule has 25 heteroatoms. The highest BCUT2D eigenvalue weighted by molar-refractivity contribution is 6.00. The Balaban J connectivity index is 1.45. The number of anilines is 1. The second-order valence-corrected chi connectivity index (χ2v) is 16.9. The number of nitrogens with zero attached hydrogens (tertiary/aromatic N) is 2. The average molecular weight is 969 g/mol. The monoisotopic (exact) mass is 968 g/mol. The topological polar surface area (TPSA) is 385 Å². The third-order valence-electron chi connectivity index (χ3n) is 11.0. The minimum absolute atomic E-state index is 0.00481. The number of ether oxygens (including phenoxy) is 1. The van der Waals surface area contributed by atoms with Gasteiger partial charge in [-0.3, -0.25) is 33.6 Å². The van der Waals surface area contributed by atoms with E-state index in [1.807, 2.05) is 0 Å². The molecule has 25 nitrogen and oxygen atoms in total. The summed E-state index contributed by atoms with van der Waals surface area (Å²) in [5.74, 6) is -6.32. The van der Waals surface area contributed by atoms with Gasteiger partial charge < -0.3 is 77.9 Å². The Morgan fingerprint density at radius 1 is 0.768 bits per heavy atom. The Bertz CT molecular complexity index is 2300. The number of aryl methyl sites for hydroxylation is 1. The number of aliphatic hydroxyl groups excluding tert-OH is 2. The van der Waals surface area contributed by atoms with E-state index in [1.165, 1.54) is 29.6 Å². The molecule has 1 aliphatic heterocycles. The molecule has 1 fully saturated rings. The van der Waals surface area contributed by atoms with Gasteiger partial charge >= 0.3 is 11.7 Å². The quantitative estimate of drug-likeness (QED) is 0.0287. The fraction of sp³-hybridized carbons (Fsp3) is 0.545. The van der Waals surface area contributed by atoms with E-state index in [1.54, 1.807) is 32.9 Å². The molecule has 0 saturated carbocycles. The number of aromatic nitrogens is 2. The maximum atomic E-state index is 14.0. The van der Waals surface area contributed by atoms with E-state index in [-0.39, 0.29) is 68.9 Å². The molecular formula is C44H64N12O13. The van der Waals surface area contributed by atoms with E-state index in [4.69, 9.17) is 20.6 Å². The van der Waals surface area contributed by atoms with Gasteiger partial charge in [-0.2, -0.15) is 0 Å². The predicted octanol–water partition coefficient (Wildman–Crippen LogP) is -2.73. The summed E-state index contributed by atoms with van der Waals surface area (Å²) in [4.78, 5) is 127. The van der Waals surface area contributed by atoms with Crippen LogP contribution < -0.4 is 54.3 Å². The van der Waals surface area contributed by atoms with Gasteiger partial charge in [0.2, 0.25) is 41.4 Å². The number of rotatable bonds is 26. The number of nitrogens with one attached hydrogen (secondary N) is 8. The zero-order valence-electron chi connectivity index (χ0n) is 38.8. The maximum absolute atomic E-state index is 14.0. The minimum atomic E-state index is -1.71. The number of fused-ring (bicyclic) bond motifs is 1. The average Bonchev–Trinajstić information content (AvgIpc) is 3.83. The number of hydrogen-bond acceptors (Lipinski definition) is 15. The highest BCUT2D eigenvalue weighted by Crippen LogP contribution is 2.21. The van der Waals surface area contributed by atoms with Crippen LogP contribution in [0.2, 0.25) is 0 Å². The largest absolute Gasteiger partial charge is 0.423 e. The van der Waals surface area contributed by atoms with Crippen LogP contribution in [-0.2, 0) is 44.7 Å². The van der Waals surface area contributed by atoms with Gasteiger partial charge in [-0.25, -0.2) is 14.6 Å². The van der Waals surface area contributed by atoms with Crippen LogP contribution in [0.15, 0.2) is 46.0 Å². The summed E-state index contributed by atoms with van der Waals surface area (Å²) in [6.45, 7) is 4.74. The van der Waals surface area contributed by atoms with Gasteiger partial charge in [0, 0.05) is 61.0 Å². The molecular weight excluding hydrogens is 905 g/mol. The Hall–Kier alpha value is -6.96. The highest BCUT2D eigenvalue weighted by atomic mass is 16.5. The van der Waals surface area contributed by atoms with E-state index in [0.717, 1.165) is 0 Å². The van der Waals surface area contributed by atoms with Gasteiger partial charge in [0.25, 0.3) is 0 Å². The lowest BCUT2D eigenvalue weighted by atomic mass is 10.0. The number of imidazole rings is 1. The number of aliphatic hydroxyl groups is 2. The Morgan fingerprint density at radius 3 is 1.93 bits per heavy atom. The standard InChI is InChI=1S/C44H64N12O13/c1-24(2)16-31(40(63)51-30(9-10-36(46)59)38(61)49-26-7-8-28-25(3)17-37(60)69-35(28)19-26)52-39(62)29(6-4-5-11-45)50-42(65)33(21-57)54-43(66)34(22-58)53-41(64)32(18-27-20-47-23-48-27)55-44(67)56-12-14-68-15-13-56/h7-8,17,19-20,23-24,29-34,57-58H,4-6,9-16,18,21-22,45H2,1-3H3,(H2,46,59)(H,47,48)(H,49,61)(H,50,65)(H,51,63)(H,52,62)(H,53,64)(H,54,66)(H,55,67)/t29-,30-,31-,32-,33-,34-/m0/s1. The van der Waals surface area contributed by atoms with Crippen LogP contribution in [0.3, 0.4) is 0 Å². The molecule has 0 radical (unpaired) electrons. The first-order valence-corrected chi connectivity index (χ1v) is 22.6. The summed E-state index contributed by atoms with van der Waals surface area (Å²) >= 11 is 0. The van der Waals surface area contributed by atoms with E-state index in [9.17, 15) is 53.4 Å². The Labute approximate surface area is 397 Å². The van der Waals surface area contributed by atoms with E-state index < -0.39 is 102 Å². The SMILES string of the molecule is Cc1cc(=O)oc2cc(NC(=O)[C@H](CCC(N)=O)NC(=O)[C@H](CC(C)C)NC(=O)[C@H](CCCCN)NC(=O)[C@H](CO)NC(=O)[C@H](CO)NC(=O)[C@H](Cc3cnc[nH]3)NC(=O)N3CCOCC3)ccc12. The second-order valence-electron chi connectivity index (χ2n) is 16.9. The number of carbonyl (C=O) groups excluding carboxylic acids is 8. The summed E-state index contributed by atoms with van der Waals surface area (Å²) < 4.78 is 10.6. The zero-order chi connectivity index (χ0) is 50.6. The molecule has 14 N–H and O–H groups in total. The van der Waals surface area contributed by atoms with Crippen molar-refractivity contribution in [3.63, 3.8) is 0 Å². The number of carbonyl (C=O) groups is 8. The fourth-order valence-corrected chi connectivity index (χ4v) is 7.23. The number of benzene rings is 1. The summed E-state index contributed by atoms with van der Waals surface area (Å²) in [5.41, 5.74) is 12.0. The molecule has 1 saturated heterocycles. The van der Waals surface area contributed by atoms with Crippen molar-refractivity contribution in [2.75, 3.05) is 51.4 Å². The molecule has 1 aromatic carbocycles. The van der Waals surface area contributed by atoms with Crippen molar-refractivity contribution in [3.8, 4) is 0 Å². The normalized spacial score (nSPS) is 15.1. The van der Waals surface area contributed by atoms with Crippen LogP contribution in [0.1, 0.15) is 63.6 Å². The maximum Gasteiger partial charge on any atom is 0.336 e. The first-order chi connectivity index (χ1) is 32.9. The third-order valence-corrected chi connectivity index (χ3v) is 11.0. The van der Waals surface area contributed by atoms with E-state index in [2.05, 4.69) is 47.2 Å². The number of urea groups is 1. The lowest BCUT2D eigenvalue weighted by Gasteiger charge is -2.29. The Morgan fingerprint density at radius 2 is 1.35 bits per heavy atom. The summed E-state index contributed by atoms with van der Waals surface area (Å²) in [6, 6.07) is -3.22. The zero-order valence-corrected chi connectivity index (χ0v) is 38.8. The van der Waals surface area contributed by atoms with Crippen LogP contribution >= 0.6 is 0 Å². The number of hydrogen-bond donors (Lipinski definition) is 12. The molecule has 9 amide bonds. The van der Waals surface area contributed by atoms with Crippen molar-refractivity contribution in [1.29, 1.82) is 0 Å². The number of unbranched alkanes of at least 4 members (excludes halogenated alkanes) is 1. The van der Waals surface area contributed by atoms with Crippen LogP contribution in [-0.4, -0.2) is 155 Å². The second kappa shape index (κ2) is 27.1. The number of primary amides is 1. The van der Waals surface area contributed by atoms with Gasteiger partial charge in [0.15, 0.2) is 0 Å². The first kappa shape index (κ1) is 54.6. The van der Waals surface area contributed by atoms with Crippen LogP contribution in [0.4, 0.5) is 10.5 Å². The molecule has 6 atom stereocenters. The van der Waals surface area contributed by atoms with Crippen molar-refractivity contribution < 1.29 is 57.7 Å². The van der Waals surface area contributed by atoms with Crippen molar-refractivity contribution in [3.05, 3.63) is 58.5 Å². The van der Waals surface area contributed by atoms with Crippen LogP contribution in [0.5, 0.6) is 0 Å². The number of amides is 9. The van der Waals surface area contributed by atoms with E-state index in [0.29, 0.717) is 42.7 Å². The molecule has 1 aliphatic rings. The number of nitrogens with two attached hydrogens (primary N) is 2. The predicted molar refractivity (Wildman–Crippen MR) is 247 cm³/mol. The molecule has 0 bridgehead atoms. The lowest BCUT2D eigenvalue weighted by Crippen LogP contribution is -2.61. The van der Waals surface area contributed by atoms with Crippen molar-refractivity contribution >= 4 is 64.0 Å². The highest BCUT2D eigenvalue weighted by Gasteiger charge is 2.34. The first-order valence-electron chi connectivity index (χ1n) is 22.6. The Kier molecular flexibility index (Phi) is 21.5. The van der Waals surface area contributed by atoms with Gasteiger partial charge in [-0.1, -0.05) is 13.8 Å². The van der Waals surface area contributed by atoms with Crippen molar-refractivity contribution in [2.24, 2.45) is 17.4 Å². The molecule has 4 rings (SSSR count). The minimum Gasteiger partial charge on any atom is -0.423 e. The summed E-state index contributed by atoms with van der Waals surface area (Å²) in [7, 11) is 0. The smallest absolute Gasteiger partial charge is 0.336 e. The van der Waals surface area contributed by atoms with Crippen molar-refractivity contribution in [2.45, 2.75) is 102 Å². The molecule has 0 aliphatic carbocycles. The number of aromatic amines is 1. The molecule has 378 valence electrons. The molecule has 3 aromatic rings. The summed E-state index contributed by atoms with van der Waals surface area (Å²) in [5, 5.41) is 38.7. The number of morpholine rings is 1. The van der Waals surface area contributed by atoms with Crippen LogP contribution in [0, 0.1) is 12.8 Å². The molecule has 69 heavy (non-hydrogen) atoms. The van der Waals surface area contributed by atoms with Gasteiger partial charge in [0.05, 0.1) is 32.8 Å². The lowest BCUT2D eigenvalue weighted by molar-refractivity contribution is -0.136. The molecule has 3 heterocycles. The van der Waals surface area contributed by atoms with Gasteiger partial charge in [0.1, 0.15) is 41.8 Å². The van der Waals surface area contributed by atoms with Crippen molar-refractivity contribution in [1.82, 2.24) is 46.8 Å². The van der Waals surface area contributed by atoms with Gasteiger partial charge in [-0.05, 0) is 69.2 Å². The van der Waals surface area contributed by atoms with Gasteiger partial charge in [-0.15, -0.1) is 0 Å².